The van der Waals surface area contributed by atoms with Gasteiger partial charge in [0.2, 0.25) is 0 Å². The lowest BCUT2D eigenvalue weighted by Gasteiger charge is -2.27. The largest absolute Gasteiger partial charge is 0.462 e. The summed E-state index contributed by atoms with van der Waals surface area (Å²) in [6.07, 6.45) is 13.6. The van der Waals surface area contributed by atoms with Crippen LogP contribution in [0.3, 0.4) is 0 Å². The maximum Gasteiger partial charge on any atom is 0.330 e. The van der Waals surface area contributed by atoms with Crippen LogP contribution in [-0.4, -0.2) is 31.3 Å². The molecule has 7 heteroatoms. The minimum Gasteiger partial charge on any atom is -0.462 e. The van der Waals surface area contributed by atoms with Gasteiger partial charge < -0.3 is 25.7 Å². The summed E-state index contributed by atoms with van der Waals surface area (Å²) >= 11 is 0. The van der Waals surface area contributed by atoms with Gasteiger partial charge in [0.05, 0.1) is 18.6 Å². The molecule has 4 N–H and O–H groups in total. The zero-order chi connectivity index (χ0) is 27.2. The van der Waals surface area contributed by atoms with Gasteiger partial charge in [-0.15, -0.1) is 6.58 Å². The fraction of sp³-hybridized carbons (Fsp3) is 0.419. The van der Waals surface area contributed by atoms with Gasteiger partial charge >= 0.3 is 11.9 Å². The molecule has 7 nitrogen and oxygen atoms in total. The summed E-state index contributed by atoms with van der Waals surface area (Å²) in [5.74, 6) is -0.235. The minimum absolute atomic E-state index is 0.0967. The van der Waals surface area contributed by atoms with E-state index in [1.807, 2.05) is 18.2 Å². The molecule has 1 saturated carbocycles. The SMILES string of the molecule is C=CCCCCCOC1CCC(C(=O)Oc2ccc(C=CC(=O)OCCc3cc(N)cc(N)c3)cc2)CC1. The molecular weight excluding hydrogens is 480 g/mol. The van der Waals surface area contributed by atoms with Gasteiger partial charge in [0.15, 0.2) is 0 Å². The number of unbranched alkanes of at least 4 members (excludes halogenated alkanes) is 3. The Labute approximate surface area is 225 Å². The second-order valence-corrected chi connectivity index (χ2v) is 9.73. The van der Waals surface area contributed by atoms with E-state index in [0.717, 1.165) is 69.1 Å². The van der Waals surface area contributed by atoms with Crippen LogP contribution in [0.4, 0.5) is 11.4 Å². The van der Waals surface area contributed by atoms with E-state index in [-0.39, 0.29) is 24.6 Å². The Kier molecular flexibility index (Phi) is 11.9. The molecule has 1 aliphatic carbocycles. The molecule has 0 unspecified atom stereocenters. The Balaban J connectivity index is 1.33. The third-order valence-corrected chi connectivity index (χ3v) is 6.60. The lowest BCUT2D eigenvalue weighted by molar-refractivity contribution is -0.141. The maximum absolute atomic E-state index is 12.6. The van der Waals surface area contributed by atoms with Crippen LogP contribution in [-0.2, 0) is 25.5 Å². The summed E-state index contributed by atoms with van der Waals surface area (Å²) in [5.41, 5.74) is 14.4. The number of benzene rings is 2. The first kappa shape index (κ1) is 29.0. The molecule has 0 aromatic heterocycles. The quantitative estimate of drug-likeness (QED) is 0.0799. The standard InChI is InChI=1S/C31H40N2O5/c1-2-3-4-5-6-18-36-28-14-10-25(11-15-28)31(35)38-29-12-7-23(8-13-29)9-16-30(34)37-19-17-24-20-26(32)22-27(33)21-24/h2,7-9,12-13,16,20-22,25,28H,1,3-6,10-11,14-15,17-19,32-33H2. The number of nitrogen functional groups attached to an aromatic ring is 2. The normalized spacial score (nSPS) is 17.3. The monoisotopic (exact) mass is 520 g/mol. The fourth-order valence-electron chi connectivity index (χ4n) is 4.50. The van der Waals surface area contributed by atoms with Crippen molar-refractivity contribution in [1.82, 2.24) is 0 Å². The third-order valence-electron chi connectivity index (χ3n) is 6.60. The average molecular weight is 521 g/mol. The number of ether oxygens (including phenoxy) is 3. The Morgan fingerprint density at radius 3 is 2.32 bits per heavy atom. The molecule has 0 heterocycles. The average Bonchev–Trinajstić information content (AvgIpc) is 2.90. The van der Waals surface area contributed by atoms with Crippen molar-refractivity contribution >= 4 is 29.4 Å². The van der Waals surface area contributed by atoms with Crippen LogP contribution < -0.4 is 16.2 Å². The highest BCUT2D eigenvalue weighted by atomic mass is 16.5. The maximum atomic E-state index is 12.6. The molecular formula is C31H40N2O5. The molecule has 1 fully saturated rings. The Bertz CT molecular complexity index is 1050. The molecule has 0 radical (unpaired) electrons. The van der Waals surface area contributed by atoms with Crippen LogP contribution in [0, 0.1) is 5.92 Å². The molecule has 0 amide bonds. The van der Waals surface area contributed by atoms with Gasteiger partial charge in [-0.05, 0) is 92.5 Å². The van der Waals surface area contributed by atoms with Crippen LogP contribution in [0.1, 0.15) is 62.5 Å². The van der Waals surface area contributed by atoms with Crippen molar-refractivity contribution in [3.63, 3.8) is 0 Å². The van der Waals surface area contributed by atoms with Gasteiger partial charge in [0.1, 0.15) is 5.75 Å². The lowest BCUT2D eigenvalue weighted by atomic mass is 9.87. The first-order valence-corrected chi connectivity index (χ1v) is 13.5. The zero-order valence-electron chi connectivity index (χ0n) is 22.1. The van der Waals surface area contributed by atoms with E-state index in [0.29, 0.717) is 23.5 Å². The Hall–Kier alpha value is -3.58. The summed E-state index contributed by atoms with van der Waals surface area (Å²) in [4.78, 5) is 24.6. The highest BCUT2D eigenvalue weighted by molar-refractivity contribution is 5.87. The van der Waals surface area contributed by atoms with Crippen molar-refractivity contribution in [2.45, 2.75) is 63.9 Å². The highest BCUT2D eigenvalue weighted by Gasteiger charge is 2.28. The van der Waals surface area contributed by atoms with Crippen LogP contribution >= 0.6 is 0 Å². The van der Waals surface area contributed by atoms with Crippen molar-refractivity contribution in [2.24, 2.45) is 5.92 Å². The number of esters is 2. The predicted octanol–water partition coefficient (Wildman–Crippen LogP) is 5.88. The summed E-state index contributed by atoms with van der Waals surface area (Å²) in [7, 11) is 0. The lowest BCUT2D eigenvalue weighted by Crippen LogP contribution is -2.29. The smallest absolute Gasteiger partial charge is 0.330 e. The van der Waals surface area contributed by atoms with Gasteiger partial charge in [-0.1, -0.05) is 24.6 Å². The summed E-state index contributed by atoms with van der Waals surface area (Å²) in [5, 5.41) is 0. The van der Waals surface area contributed by atoms with Gasteiger partial charge in [-0.2, -0.15) is 0 Å². The molecule has 0 spiro atoms. The van der Waals surface area contributed by atoms with Gasteiger partial charge in [0, 0.05) is 30.5 Å². The van der Waals surface area contributed by atoms with Crippen LogP contribution in [0.15, 0.2) is 61.2 Å². The molecule has 2 aromatic carbocycles. The van der Waals surface area contributed by atoms with Gasteiger partial charge in [-0.25, -0.2) is 4.79 Å². The molecule has 0 aliphatic heterocycles. The summed E-state index contributed by atoms with van der Waals surface area (Å²) < 4.78 is 16.8. The Morgan fingerprint density at radius 2 is 1.63 bits per heavy atom. The van der Waals surface area contributed by atoms with E-state index >= 15 is 0 Å². The van der Waals surface area contributed by atoms with Crippen LogP contribution in [0.5, 0.6) is 5.75 Å². The molecule has 0 bridgehead atoms. The zero-order valence-corrected chi connectivity index (χ0v) is 22.1. The first-order valence-electron chi connectivity index (χ1n) is 13.5. The molecule has 2 aromatic rings. The van der Waals surface area contributed by atoms with E-state index in [1.165, 1.54) is 6.08 Å². The van der Waals surface area contributed by atoms with E-state index in [1.54, 1.807) is 36.4 Å². The summed E-state index contributed by atoms with van der Waals surface area (Å²) in [6.45, 7) is 4.76. The van der Waals surface area contributed by atoms with E-state index in [9.17, 15) is 9.59 Å². The Morgan fingerprint density at radius 1 is 0.921 bits per heavy atom. The van der Waals surface area contributed by atoms with Crippen molar-refractivity contribution in [3.8, 4) is 5.75 Å². The molecule has 38 heavy (non-hydrogen) atoms. The number of nitrogens with two attached hydrogens (primary N) is 2. The molecule has 0 atom stereocenters. The fourth-order valence-corrected chi connectivity index (χ4v) is 4.50. The molecule has 204 valence electrons. The second-order valence-electron chi connectivity index (χ2n) is 9.73. The summed E-state index contributed by atoms with van der Waals surface area (Å²) in [6, 6.07) is 12.3. The number of allylic oxidation sites excluding steroid dienone is 1. The van der Waals surface area contributed by atoms with Gasteiger partial charge in [-0.3, -0.25) is 4.79 Å². The number of anilines is 2. The van der Waals surface area contributed by atoms with Crippen molar-refractivity contribution < 1.29 is 23.8 Å². The number of rotatable bonds is 14. The minimum atomic E-state index is -0.440. The van der Waals surface area contributed by atoms with E-state index in [2.05, 4.69) is 6.58 Å². The molecule has 1 aliphatic rings. The number of hydrogen-bond donors (Lipinski definition) is 2. The van der Waals surface area contributed by atoms with Crippen LogP contribution in [0.25, 0.3) is 6.08 Å². The number of carbonyl (C=O) groups is 2. The molecule has 3 rings (SSSR count). The van der Waals surface area contributed by atoms with E-state index in [4.69, 9.17) is 25.7 Å². The number of hydrogen-bond acceptors (Lipinski definition) is 7. The predicted molar refractivity (Wildman–Crippen MR) is 151 cm³/mol. The number of carbonyl (C=O) groups excluding carboxylic acids is 2. The first-order chi connectivity index (χ1) is 18.4. The van der Waals surface area contributed by atoms with Crippen molar-refractivity contribution in [3.05, 3.63) is 72.3 Å². The highest BCUT2D eigenvalue weighted by Crippen LogP contribution is 2.28. The van der Waals surface area contributed by atoms with Crippen molar-refractivity contribution in [1.29, 1.82) is 0 Å². The van der Waals surface area contributed by atoms with E-state index < -0.39 is 5.97 Å². The third kappa shape index (κ3) is 10.4. The topological polar surface area (TPSA) is 114 Å². The van der Waals surface area contributed by atoms with Crippen LogP contribution in [0.2, 0.25) is 0 Å². The van der Waals surface area contributed by atoms with Gasteiger partial charge in [0.25, 0.3) is 0 Å². The van der Waals surface area contributed by atoms with Crippen molar-refractivity contribution in [2.75, 3.05) is 24.7 Å². The second kappa shape index (κ2) is 15.6. The molecule has 0 saturated heterocycles.